The molecule has 2 atom stereocenters. The van der Waals surface area contributed by atoms with Gasteiger partial charge in [0.05, 0.1) is 43.3 Å². The number of nitrogens with two attached hydrogens (primary N) is 1. The molecule has 3 amide bonds. The van der Waals surface area contributed by atoms with E-state index in [2.05, 4.69) is 95.5 Å². The van der Waals surface area contributed by atoms with Crippen LogP contribution in [0.1, 0.15) is 91.1 Å². The van der Waals surface area contributed by atoms with E-state index < -0.39 is 77.9 Å². The Morgan fingerprint density at radius 3 is 1.18 bits per heavy atom. The van der Waals surface area contributed by atoms with Gasteiger partial charge in [0.1, 0.15) is 33.5 Å². The van der Waals surface area contributed by atoms with E-state index in [4.69, 9.17) is 15.2 Å². The Hall–Kier alpha value is -11.5. The molecule has 10 rings (SSSR count). The molecule has 2 aromatic heterocycles. The average molecular weight is 1520 g/mol. The van der Waals surface area contributed by atoms with Crippen LogP contribution in [0.15, 0.2) is 275 Å². The number of rotatable bonds is 31. The van der Waals surface area contributed by atoms with Crippen LogP contribution < -0.4 is 64.4 Å². The number of methoxy groups -OCH3 is 2. The molecule has 8 aromatic carbocycles. The van der Waals surface area contributed by atoms with Crippen LogP contribution in [0.3, 0.4) is 0 Å². The van der Waals surface area contributed by atoms with Crippen molar-refractivity contribution in [3.8, 4) is 0 Å². The number of carbonyl (C=O) groups is 6. The van der Waals surface area contributed by atoms with Crippen LogP contribution in [0.5, 0.6) is 0 Å². The van der Waals surface area contributed by atoms with Crippen LogP contribution in [0.4, 0.5) is 11.6 Å². The number of unbranched alkanes of at least 4 members (excludes halogenated alkanes) is 2. The van der Waals surface area contributed by atoms with Crippen molar-refractivity contribution in [2.45, 2.75) is 60.4 Å². The van der Waals surface area contributed by atoms with Crippen molar-refractivity contribution in [1.82, 2.24) is 25.9 Å². The molecule has 0 spiro atoms. The zero-order valence-corrected chi connectivity index (χ0v) is 61.5. The van der Waals surface area contributed by atoms with E-state index in [-0.39, 0.29) is 56.0 Å². The lowest BCUT2D eigenvalue weighted by atomic mass is 10.1. The summed E-state index contributed by atoms with van der Waals surface area (Å²) in [5.41, 5.74) is 12.4. The fourth-order valence-electron chi connectivity index (χ4n) is 10.6. The summed E-state index contributed by atoms with van der Waals surface area (Å²) < 4.78 is 74.2. The molecule has 0 aliphatic heterocycles. The molecule has 2 heterocycles. The van der Waals surface area contributed by atoms with Gasteiger partial charge in [0.2, 0.25) is 0 Å². The van der Waals surface area contributed by atoms with Gasteiger partial charge < -0.3 is 36.3 Å². The van der Waals surface area contributed by atoms with Crippen LogP contribution in [0, 0.1) is 0 Å². The molecule has 0 aliphatic carbocycles. The molecule has 0 saturated heterocycles. The molecule has 107 heavy (non-hydrogen) atoms. The van der Waals surface area contributed by atoms with Crippen LogP contribution >= 0.6 is 15.8 Å². The van der Waals surface area contributed by atoms with Gasteiger partial charge in [0.25, 0.3) is 38.0 Å². The molecular weight excluding hydrogens is 1440 g/mol. The Morgan fingerprint density at radius 1 is 0.458 bits per heavy atom. The molecule has 0 bridgehead atoms. The molecule has 2 unspecified atom stereocenters. The number of nitrogens with zero attached hydrogens (tertiary/aromatic N) is 4. The summed E-state index contributed by atoms with van der Waals surface area (Å²) in [6.07, 6.45) is 8.17. The number of pyridine rings is 2. The predicted molar refractivity (Wildman–Crippen MR) is 416 cm³/mol. The van der Waals surface area contributed by atoms with Gasteiger partial charge in [-0.2, -0.15) is 27.0 Å². The number of aromatic nitrogens is 2. The maximum atomic E-state index is 13.5. The number of aromatic carboxylic acids is 1. The number of carbonyl (C=O) groups excluding carboxylic acids is 5. The Morgan fingerprint density at radius 2 is 0.813 bits per heavy atom. The first-order valence-electron chi connectivity index (χ1n) is 33.3. The van der Waals surface area contributed by atoms with Gasteiger partial charge in [0, 0.05) is 35.6 Å². The second-order valence-corrected chi connectivity index (χ2v) is 30.3. The van der Waals surface area contributed by atoms with Gasteiger partial charge in [-0.25, -0.2) is 24.4 Å². The minimum absolute atomic E-state index is 0.163. The highest BCUT2D eigenvalue weighted by atomic mass is 32.2. The summed E-state index contributed by atoms with van der Waals surface area (Å²) >= 11 is 0. The normalized spacial score (nSPS) is 11.8. The third kappa shape index (κ3) is 24.5. The molecule has 25 nitrogen and oxygen atoms in total. The quantitative estimate of drug-likeness (QED) is 0.00489. The van der Waals surface area contributed by atoms with Crippen molar-refractivity contribution in [3.05, 3.63) is 288 Å². The Balaban J connectivity index is 0.000000225. The summed E-state index contributed by atoms with van der Waals surface area (Å²) in [5, 5.41) is 32.1. The lowest BCUT2D eigenvalue weighted by Crippen LogP contribution is -2.41. The maximum absolute atomic E-state index is 13.5. The smallest absolute Gasteiger partial charge is 0.336 e. The van der Waals surface area contributed by atoms with Crippen molar-refractivity contribution in [2.24, 2.45) is 15.9 Å². The number of hydrazone groups is 2. The molecule has 29 heteroatoms. The minimum atomic E-state index is -4.43. The molecule has 0 saturated carbocycles. The van der Waals surface area contributed by atoms with Crippen molar-refractivity contribution in [2.75, 3.05) is 38.2 Å². The minimum Gasteiger partial charge on any atom is -0.478 e. The summed E-state index contributed by atoms with van der Waals surface area (Å²) in [7, 11) is -8.18. The van der Waals surface area contributed by atoms with E-state index in [9.17, 15) is 59.8 Å². The number of amides is 3. The second kappa shape index (κ2) is 41.2. The third-order valence-corrected chi connectivity index (χ3v) is 22.6. The molecule has 552 valence electrons. The fraction of sp³-hybridized carbons (Fsp3) is 0.154. The van der Waals surface area contributed by atoms with Crippen LogP contribution in [-0.4, -0.2) is 128 Å². The van der Waals surface area contributed by atoms with Gasteiger partial charge in [-0.15, -0.1) is 0 Å². The van der Waals surface area contributed by atoms with Gasteiger partial charge in [-0.3, -0.25) is 34.3 Å². The van der Waals surface area contributed by atoms with Gasteiger partial charge in [-0.05, 0) is 141 Å². The number of carboxylic acid groups (broad SMARTS) is 1. The Bertz CT molecular complexity index is 4830. The number of esters is 2. The van der Waals surface area contributed by atoms with Crippen LogP contribution in [0.25, 0.3) is 0 Å². The van der Waals surface area contributed by atoms with Crippen molar-refractivity contribution in [3.63, 3.8) is 0 Å². The molecule has 10 N–H and O–H groups in total. The Labute approximate surface area is 622 Å². The second-order valence-electron chi connectivity index (χ2n) is 23.1. The van der Waals surface area contributed by atoms with E-state index in [1.54, 1.807) is 24.3 Å². The molecule has 0 aliphatic rings. The van der Waals surface area contributed by atoms with E-state index in [0.29, 0.717) is 49.9 Å². The van der Waals surface area contributed by atoms with E-state index >= 15 is 0 Å². The lowest BCUT2D eigenvalue weighted by molar-refractivity contribution is -0.143. The summed E-state index contributed by atoms with van der Waals surface area (Å²) in [6.45, 7) is 0.857. The number of ether oxygens (including phenoxy) is 2. The monoisotopic (exact) mass is 1520 g/mol. The molecular formula is C78H78N10O15P2S2. The zero-order valence-electron chi connectivity index (χ0n) is 58.0. The highest BCUT2D eigenvalue weighted by Gasteiger charge is 2.27. The molecule has 10 aromatic rings. The number of nitrogens with one attached hydrogen (secondary N) is 5. The number of carboxylic acids is 1. The van der Waals surface area contributed by atoms with E-state index in [0.717, 1.165) is 38.2 Å². The predicted octanol–water partition coefficient (Wildman–Crippen LogP) is 8.72. The van der Waals surface area contributed by atoms with Crippen LogP contribution in [-0.2, 0) is 39.3 Å². The number of hydrogen-bond donors (Lipinski definition) is 9. The number of anilines is 2. The highest BCUT2D eigenvalue weighted by molar-refractivity contribution is 7.86. The Kier molecular flexibility index (Phi) is 31.3. The average Bonchev–Trinajstić information content (AvgIpc) is 0.810. The molecule has 0 radical (unpaired) electrons. The standard InChI is InChI=1S/C39H38N5O7PS.C20H25N5O6S.C19H15O2P/c1-51-39(47)33(43-37(45)29-23-24-36(41-26-29)44-42-27-28-14-8-11-22-35(28)53(48,49)50)20-12-13-25-40-38(46)32-19-9-10-21-34(32)52(30-15-4-2-5-16-30)31-17-6-3-7-18-31;1-31-20(27)16(7-4-5-11-21)24-19(26)15-9-10-18(22-12-15)25-23-13-14-6-2-3-8-17(14)32(28,29)30;20-19(21)17-13-7-8-14-18(17)22(15-9-3-1-4-10-15)16-11-5-2-6-12-16/h2-11,14-19,21-24,26-27,33H,12-13,20,25H2,1H3,(H,40,46)(H,41,44)(H,43,45)(H,48,49,50);2-3,6,8-10,12-13,16H,4-5,7,11,21H2,1H3,(H,22,25)(H,24,26)(H,28,29,30);1-14H,(H,20,21). The first-order chi connectivity index (χ1) is 51.7. The van der Waals surface area contributed by atoms with Crippen molar-refractivity contribution < 1.29 is 69.3 Å². The third-order valence-electron chi connectivity index (χ3n) is 15.8. The fourth-order valence-corrected chi connectivity index (χ4v) is 16.8. The topological polar surface area (TPSA) is 387 Å². The lowest BCUT2D eigenvalue weighted by Gasteiger charge is -2.22. The summed E-state index contributed by atoms with van der Waals surface area (Å²) in [6, 6.07) is 71.3. The highest BCUT2D eigenvalue weighted by Crippen LogP contribution is 2.35. The molecule has 0 fully saturated rings. The van der Waals surface area contributed by atoms with E-state index in [1.807, 2.05) is 109 Å². The van der Waals surface area contributed by atoms with Crippen molar-refractivity contribution in [1.29, 1.82) is 0 Å². The SMILES string of the molecule is COC(=O)C(CCCCN)NC(=O)c1ccc(NN=Cc2ccccc2S(=O)(=O)O)nc1.COC(=O)C(CCCCNC(=O)c1ccccc1P(c1ccccc1)c1ccccc1)NC(=O)c1ccc(NN=Cc2ccccc2S(=O)(=O)O)nc1.O=C(O)c1ccccc1P(c1ccccc1)c1ccccc1. The first kappa shape index (κ1) is 81.1. The van der Waals surface area contributed by atoms with Gasteiger partial charge in [0.15, 0.2) is 0 Å². The summed E-state index contributed by atoms with van der Waals surface area (Å²) in [5.74, 6) is -2.69. The van der Waals surface area contributed by atoms with E-state index in [1.165, 1.54) is 99.7 Å². The van der Waals surface area contributed by atoms with Crippen molar-refractivity contribution >= 4 is 128 Å². The van der Waals surface area contributed by atoms with Gasteiger partial charge >= 0.3 is 17.9 Å². The van der Waals surface area contributed by atoms with Crippen LogP contribution in [0.2, 0.25) is 0 Å². The van der Waals surface area contributed by atoms with Gasteiger partial charge in [-0.1, -0.05) is 194 Å². The number of hydrogen-bond acceptors (Lipinski definition) is 19. The zero-order chi connectivity index (χ0) is 76.6. The maximum Gasteiger partial charge on any atom is 0.336 e. The summed E-state index contributed by atoms with van der Waals surface area (Å²) in [4.78, 5) is 82.6. The largest absolute Gasteiger partial charge is 0.478 e. The first-order valence-corrected chi connectivity index (χ1v) is 38.9. The number of benzene rings is 8.